The molecule has 0 spiro atoms. The Hall–Kier alpha value is -0.650. The molecule has 0 saturated carbocycles. The van der Waals surface area contributed by atoms with Crippen LogP contribution in [-0.2, 0) is 9.53 Å². The lowest BCUT2D eigenvalue weighted by Crippen LogP contribution is -2.38. The summed E-state index contributed by atoms with van der Waals surface area (Å²) in [5.74, 6) is 8.08. The van der Waals surface area contributed by atoms with Crippen LogP contribution in [0.25, 0.3) is 0 Å². The van der Waals surface area contributed by atoms with Gasteiger partial charge in [0.25, 0.3) is 0 Å². The Morgan fingerprint density at radius 2 is 2.20 bits per heavy atom. The first-order valence-electron chi connectivity index (χ1n) is 2.96. The second kappa shape index (κ2) is 5.16. The zero-order valence-electron chi connectivity index (χ0n) is 6.04. The zero-order valence-corrected chi connectivity index (χ0v) is 6.04. The quantitative estimate of drug-likeness (QED) is 0.316. The van der Waals surface area contributed by atoms with E-state index < -0.39 is 0 Å². The first-order chi connectivity index (χ1) is 4.80. The van der Waals surface area contributed by atoms with Crippen LogP contribution in [0.3, 0.4) is 0 Å². The molecule has 0 bridgehead atoms. The summed E-state index contributed by atoms with van der Waals surface area (Å²) in [4.78, 5) is 12.3. The maximum Gasteiger partial charge on any atom is 0.248 e. The lowest BCUT2D eigenvalue weighted by atomic mass is 10.4. The summed E-state index contributed by atoms with van der Waals surface area (Å²) < 4.78 is 4.86. The van der Waals surface area contributed by atoms with Crippen molar-refractivity contribution in [1.82, 2.24) is 4.90 Å². The number of carbonyl (C=O) groups excluding carboxylic acids is 1. The van der Waals surface area contributed by atoms with E-state index in [1.807, 2.05) is 0 Å². The van der Waals surface area contributed by atoms with Gasteiger partial charge >= 0.3 is 0 Å². The van der Waals surface area contributed by atoms with Gasteiger partial charge in [-0.3, -0.25) is 16.5 Å². The zero-order chi connectivity index (χ0) is 7.98. The second-order valence-electron chi connectivity index (χ2n) is 1.87. The molecule has 0 aromatic heterocycles. The van der Waals surface area contributed by atoms with Crippen LogP contribution in [0.1, 0.15) is 0 Å². The van der Waals surface area contributed by atoms with Gasteiger partial charge in [0, 0.05) is 13.6 Å². The van der Waals surface area contributed by atoms with Crippen LogP contribution in [0.4, 0.5) is 0 Å². The van der Waals surface area contributed by atoms with E-state index >= 15 is 0 Å². The van der Waals surface area contributed by atoms with Crippen molar-refractivity contribution in [2.75, 3.05) is 26.8 Å². The molecule has 1 fully saturated rings. The SMILES string of the molecule is CN1CCOCC1=O.NN. The second-order valence-corrected chi connectivity index (χ2v) is 1.87. The number of carbonyl (C=O) groups is 1. The van der Waals surface area contributed by atoms with Gasteiger partial charge in [-0.25, -0.2) is 0 Å². The monoisotopic (exact) mass is 147 g/mol. The Kier molecular flexibility index (Phi) is 4.82. The van der Waals surface area contributed by atoms with Gasteiger partial charge in [-0.05, 0) is 0 Å². The Morgan fingerprint density at radius 3 is 2.50 bits per heavy atom. The van der Waals surface area contributed by atoms with Crippen LogP contribution in [0, 0.1) is 0 Å². The summed E-state index contributed by atoms with van der Waals surface area (Å²) >= 11 is 0. The summed E-state index contributed by atoms with van der Waals surface area (Å²) in [5, 5.41) is 0. The molecule has 10 heavy (non-hydrogen) atoms. The Morgan fingerprint density at radius 1 is 1.60 bits per heavy atom. The summed E-state index contributed by atoms with van der Waals surface area (Å²) in [5.41, 5.74) is 0. The molecule has 1 aliphatic heterocycles. The molecule has 5 nitrogen and oxygen atoms in total. The number of likely N-dealkylation sites (N-methyl/N-ethyl adjacent to an activating group) is 1. The van der Waals surface area contributed by atoms with Crippen LogP contribution in [0.2, 0.25) is 0 Å². The standard InChI is InChI=1S/C5H9NO2.H4N2/c1-6-2-3-8-4-5(6)7;1-2/h2-4H2,1H3;1-2H2. The number of morpholine rings is 1. The molecule has 4 N–H and O–H groups in total. The molecule has 0 atom stereocenters. The third-order valence-electron chi connectivity index (χ3n) is 1.22. The number of rotatable bonds is 0. The lowest BCUT2D eigenvalue weighted by Gasteiger charge is -2.21. The van der Waals surface area contributed by atoms with E-state index in [0.717, 1.165) is 6.54 Å². The molecule has 0 aromatic rings. The van der Waals surface area contributed by atoms with Crippen LogP contribution >= 0.6 is 0 Å². The predicted octanol–water partition coefficient (Wildman–Crippen LogP) is -1.71. The van der Waals surface area contributed by atoms with Gasteiger partial charge in [0.05, 0.1) is 6.61 Å². The summed E-state index contributed by atoms with van der Waals surface area (Å²) in [7, 11) is 1.78. The van der Waals surface area contributed by atoms with E-state index in [2.05, 4.69) is 11.7 Å². The van der Waals surface area contributed by atoms with Gasteiger partial charge in [-0.15, -0.1) is 0 Å². The van der Waals surface area contributed by atoms with Crippen molar-refractivity contribution in [2.24, 2.45) is 11.7 Å². The van der Waals surface area contributed by atoms with Crippen molar-refractivity contribution in [3.05, 3.63) is 0 Å². The molecule has 0 unspecified atom stereocenters. The van der Waals surface area contributed by atoms with Gasteiger partial charge in [-0.1, -0.05) is 0 Å². The third kappa shape index (κ3) is 2.77. The predicted molar refractivity (Wildman–Crippen MR) is 36.8 cm³/mol. The van der Waals surface area contributed by atoms with E-state index in [-0.39, 0.29) is 12.5 Å². The minimum absolute atomic E-state index is 0.0799. The smallest absolute Gasteiger partial charge is 0.248 e. The molecule has 5 heteroatoms. The normalized spacial score (nSPS) is 17.9. The van der Waals surface area contributed by atoms with Crippen molar-refractivity contribution >= 4 is 5.91 Å². The number of nitrogens with zero attached hydrogens (tertiary/aromatic N) is 1. The van der Waals surface area contributed by atoms with Crippen molar-refractivity contribution in [2.45, 2.75) is 0 Å². The van der Waals surface area contributed by atoms with E-state index in [4.69, 9.17) is 4.74 Å². The van der Waals surface area contributed by atoms with Crippen LogP contribution in [-0.4, -0.2) is 37.6 Å². The minimum atomic E-state index is 0.0799. The van der Waals surface area contributed by atoms with E-state index in [1.54, 1.807) is 11.9 Å². The van der Waals surface area contributed by atoms with Crippen LogP contribution in [0.5, 0.6) is 0 Å². The Balaban J connectivity index is 0.000000371. The number of amides is 1. The third-order valence-corrected chi connectivity index (χ3v) is 1.22. The highest BCUT2D eigenvalue weighted by molar-refractivity contribution is 5.77. The van der Waals surface area contributed by atoms with E-state index in [0.29, 0.717) is 6.61 Å². The van der Waals surface area contributed by atoms with Gasteiger partial charge in [0.15, 0.2) is 0 Å². The molecule has 1 saturated heterocycles. The van der Waals surface area contributed by atoms with Crippen molar-refractivity contribution < 1.29 is 9.53 Å². The Bertz CT molecular complexity index is 107. The largest absolute Gasteiger partial charge is 0.370 e. The summed E-state index contributed by atoms with van der Waals surface area (Å²) in [6.07, 6.45) is 0. The van der Waals surface area contributed by atoms with E-state index in [1.165, 1.54) is 0 Å². The average molecular weight is 147 g/mol. The topological polar surface area (TPSA) is 81.6 Å². The number of hydrazine groups is 1. The van der Waals surface area contributed by atoms with Crippen LogP contribution in [0.15, 0.2) is 0 Å². The first-order valence-corrected chi connectivity index (χ1v) is 2.96. The van der Waals surface area contributed by atoms with Crippen molar-refractivity contribution in [3.63, 3.8) is 0 Å². The maximum atomic E-state index is 10.6. The molecular formula is C5H13N3O2. The first kappa shape index (κ1) is 9.35. The highest BCUT2D eigenvalue weighted by Gasteiger charge is 2.12. The summed E-state index contributed by atoms with van der Waals surface area (Å²) in [6, 6.07) is 0. The minimum Gasteiger partial charge on any atom is -0.370 e. The molecule has 1 rings (SSSR count). The Labute approximate surface area is 59.9 Å². The molecule has 1 amide bonds. The van der Waals surface area contributed by atoms with Crippen molar-refractivity contribution in [1.29, 1.82) is 0 Å². The molecule has 60 valence electrons. The molecule has 0 radical (unpaired) electrons. The summed E-state index contributed by atoms with van der Waals surface area (Å²) in [6.45, 7) is 1.68. The maximum absolute atomic E-state index is 10.6. The number of hydrogen-bond acceptors (Lipinski definition) is 4. The van der Waals surface area contributed by atoms with Crippen molar-refractivity contribution in [3.8, 4) is 0 Å². The number of hydrogen-bond donors (Lipinski definition) is 2. The molecule has 1 heterocycles. The fourth-order valence-electron chi connectivity index (χ4n) is 0.596. The molecular weight excluding hydrogens is 134 g/mol. The fraction of sp³-hybridized carbons (Fsp3) is 0.800. The van der Waals surface area contributed by atoms with E-state index in [9.17, 15) is 4.79 Å². The lowest BCUT2D eigenvalue weighted by molar-refractivity contribution is -0.140. The van der Waals surface area contributed by atoms with Gasteiger partial charge in [0.1, 0.15) is 6.61 Å². The van der Waals surface area contributed by atoms with Gasteiger partial charge in [-0.2, -0.15) is 0 Å². The fourth-order valence-corrected chi connectivity index (χ4v) is 0.596. The number of ether oxygens (including phenoxy) is 1. The number of nitrogens with two attached hydrogens (primary N) is 2. The highest BCUT2D eigenvalue weighted by Crippen LogP contribution is 1.92. The molecule has 1 aliphatic rings. The molecule has 0 aromatic carbocycles. The van der Waals surface area contributed by atoms with Gasteiger partial charge in [0.2, 0.25) is 5.91 Å². The highest BCUT2D eigenvalue weighted by atomic mass is 16.5. The average Bonchev–Trinajstić information content (AvgIpc) is 2.00. The van der Waals surface area contributed by atoms with Crippen LogP contribution < -0.4 is 11.7 Å². The molecule has 0 aliphatic carbocycles. The van der Waals surface area contributed by atoms with Gasteiger partial charge < -0.3 is 9.64 Å².